The number of hydrogen-bond acceptors (Lipinski definition) is 4. The minimum atomic E-state index is 0.512. The van der Waals surface area contributed by atoms with E-state index in [0.29, 0.717) is 11.4 Å². The van der Waals surface area contributed by atoms with Crippen molar-refractivity contribution in [2.24, 2.45) is 10.2 Å². The van der Waals surface area contributed by atoms with Gasteiger partial charge in [-0.3, -0.25) is 4.79 Å². The van der Waals surface area contributed by atoms with Gasteiger partial charge in [0.2, 0.25) is 0 Å². The van der Waals surface area contributed by atoms with Crippen LogP contribution >= 0.6 is 0 Å². The van der Waals surface area contributed by atoms with Crippen molar-refractivity contribution in [1.29, 1.82) is 0 Å². The normalized spacial score (nSPS) is 10.3. The van der Waals surface area contributed by atoms with Crippen molar-refractivity contribution in [1.82, 2.24) is 4.98 Å². The highest BCUT2D eigenvalue weighted by Gasteiger charge is 1.90. The number of aromatic nitrogens is 1. The fourth-order valence-electron chi connectivity index (χ4n) is 0.629. The number of azo groups is 1. The number of pyridine rings is 1. The first-order valence-corrected chi connectivity index (χ1v) is 3.08. The molecule has 0 unspecified atom stereocenters. The van der Waals surface area contributed by atoms with E-state index in [9.17, 15) is 4.79 Å². The van der Waals surface area contributed by atoms with Gasteiger partial charge in [-0.2, -0.15) is 5.11 Å². The fraction of sp³-hybridized carbons (Fsp3) is 0.143. The van der Waals surface area contributed by atoms with Crippen LogP contribution in [0, 0.1) is 0 Å². The van der Waals surface area contributed by atoms with Crippen molar-refractivity contribution in [3.8, 4) is 0 Å². The molecule has 0 aliphatic heterocycles. The Morgan fingerprint density at radius 3 is 2.82 bits per heavy atom. The number of rotatable bonds is 2. The Hall–Kier alpha value is -1.58. The SMILES string of the molecule is CN=Nc1ccc(C=O)cn1. The van der Waals surface area contributed by atoms with E-state index in [1.807, 2.05) is 0 Å². The summed E-state index contributed by atoms with van der Waals surface area (Å²) < 4.78 is 0. The minimum absolute atomic E-state index is 0.512. The largest absolute Gasteiger partial charge is 0.298 e. The smallest absolute Gasteiger partial charge is 0.173 e. The maximum absolute atomic E-state index is 10.2. The number of nitrogens with zero attached hydrogens (tertiary/aromatic N) is 3. The third-order valence-electron chi connectivity index (χ3n) is 1.11. The lowest BCUT2D eigenvalue weighted by molar-refractivity contribution is 0.112. The standard InChI is InChI=1S/C7H7N3O/c1-8-10-7-3-2-6(5-11)4-9-7/h2-5H,1H3. The van der Waals surface area contributed by atoms with Crippen LogP contribution in [0.4, 0.5) is 5.82 Å². The van der Waals surface area contributed by atoms with Gasteiger partial charge in [-0.05, 0) is 12.1 Å². The van der Waals surface area contributed by atoms with Crippen molar-refractivity contribution in [2.45, 2.75) is 0 Å². The van der Waals surface area contributed by atoms with Gasteiger partial charge in [0.1, 0.15) is 0 Å². The van der Waals surface area contributed by atoms with E-state index in [1.54, 1.807) is 19.2 Å². The molecule has 0 radical (unpaired) electrons. The Bertz CT molecular complexity index is 266. The second kappa shape index (κ2) is 3.55. The van der Waals surface area contributed by atoms with E-state index in [0.717, 1.165) is 6.29 Å². The Balaban J connectivity index is 2.91. The first-order chi connectivity index (χ1) is 5.36. The molecule has 1 aromatic rings. The molecule has 11 heavy (non-hydrogen) atoms. The molecule has 0 aliphatic rings. The molecule has 0 aromatic carbocycles. The van der Waals surface area contributed by atoms with E-state index in [2.05, 4.69) is 15.2 Å². The molecule has 0 saturated carbocycles. The van der Waals surface area contributed by atoms with Crippen LogP contribution in [0.1, 0.15) is 10.4 Å². The summed E-state index contributed by atoms with van der Waals surface area (Å²) in [6.45, 7) is 0. The van der Waals surface area contributed by atoms with Crippen molar-refractivity contribution in [3.05, 3.63) is 23.9 Å². The van der Waals surface area contributed by atoms with Crippen LogP contribution in [0.3, 0.4) is 0 Å². The van der Waals surface area contributed by atoms with Crippen LogP contribution in [0.25, 0.3) is 0 Å². The van der Waals surface area contributed by atoms with Gasteiger partial charge in [-0.25, -0.2) is 4.98 Å². The molecular formula is C7H7N3O. The molecule has 0 atom stereocenters. The van der Waals surface area contributed by atoms with Crippen LogP contribution in [0.2, 0.25) is 0 Å². The third-order valence-corrected chi connectivity index (χ3v) is 1.11. The van der Waals surface area contributed by atoms with Gasteiger partial charge < -0.3 is 0 Å². The predicted molar refractivity (Wildman–Crippen MR) is 40.1 cm³/mol. The number of carbonyl (C=O) groups excluding carboxylic acids is 1. The number of carbonyl (C=O) groups is 1. The minimum Gasteiger partial charge on any atom is -0.298 e. The molecule has 0 spiro atoms. The molecule has 4 nitrogen and oxygen atoms in total. The summed E-state index contributed by atoms with van der Waals surface area (Å²) in [5, 5.41) is 7.22. The average molecular weight is 149 g/mol. The Morgan fingerprint density at radius 2 is 2.36 bits per heavy atom. The summed E-state index contributed by atoms with van der Waals surface area (Å²) >= 11 is 0. The summed E-state index contributed by atoms with van der Waals surface area (Å²) in [5.74, 6) is 0.512. The van der Waals surface area contributed by atoms with E-state index < -0.39 is 0 Å². The van der Waals surface area contributed by atoms with Crippen LogP contribution < -0.4 is 0 Å². The van der Waals surface area contributed by atoms with Gasteiger partial charge in [0, 0.05) is 18.8 Å². The second-order valence-corrected chi connectivity index (χ2v) is 1.87. The van der Waals surface area contributed by atoms with Crippen LogP contribution in [0.15, 0.2) is 28.6 Å². The summed E-state index contributed by atoms with van der Waals surface area (Å²) in [6.07, 6.45) is 2.19. The highest BCUT2D eigenvalue weighted by atomic mass is 16.1. The zero-order valence-electron chi connectivity index (χ0n) is 6.06. The number of aldehydes is 1. The molecule has 4 heteroatoms. The van der Waals surface area contributed by atoms with E-state index in [1.165, 1.54) is 6.20 Å². The highest BCUT2D eigenvalue weighted by Crippen LogP contribution is 2.06. The monoisotopic (exact) mass is 149 g/mol. The molecular weight excluding hydrogens is 142 g/mol. The zero-order valence-corrected chi connectivity index (χ0v) is 6.06. The predicted octanol–water partition coefficient (Wildman–Crippen LogP) is 1.61. The maximum atomic E-state index is 10.2. The lowest BCUT2D eigenvalue weighted by Gasteiger charge is -1.89. The molecule has 0 saturated heterocycles. The van der Waals surface area contributed by atoms with Gasteiger partial charge >= 0.3 is 0 Å². The summed E-state index contributed by atoms with van der Waals surface area (Å²) in [6, 6.07) is 3.28. The molecule has 1 aromatic heterocycles. The average Bonchev–Trinajstić information content (AvgIpc) is 2.07. The van der Waals surface area contributed by atoms with Gasteiger partial charge in [0.05, 0.1) is 0 Å². The fourth-order valence-corrected chi connectivity index (χ4v) is 0.629. The maximum Gasteiger partial charge on any atom is 0.173 e. The summed E-state index contributed by atoms with van der Waals surface area (Å²) in [7, 11) is 1.56. The zero-order chi connectivity index (χ0) is 8.10. The van der Waals surface area contributed by atoms with Crippen molar-refractivity contribution < 1.29 is 4.79 Å². The van der Waals surface area contributed by atoms with Crippen molar-refractivity contribution in [3.63, 3.8) is 0 Å². The van der Waals surface area contributed by atoms with Gasteiger partial charge in [0.25, 0.3) is 0 Å². The van der Waals surface area contributed by atoms with Gasteiger partial charge in [-0.15, -0.1) is 5.11 Å². The van der Waals surface area contributed by atoms with Gasteiger partial charge in [0.15, 0.2) is 12.1 Å². The van der Waals surface area contributed by atoms with Crippen molar-refractivity contribution in [2.75, 3.05) is 7.05 Å². The molecule has 0 N–H and O–H groups in total. The molecule has 1 heterocycles. The third kappa shape index (κ3) is 1.93. The molecule has 0 aliphatic carbocycles. The molecule has 1 rings (SSSR count). The van der Waals surface area contributed by atoms with Crippen LogP contribution in [-0.4, -0.2) is 18.3 Å². The summed E-state index contributed by atoms with van der Waals surface area (Å²) in [4.78, 5) is 14.0. The highest BCUT2D eigenvalue weighted by molar-refractivity contribution is 5.74. The first kappa shape index (κ1) is 7.53. The number of hydrogen-bond donors (Lipinski definition) is 0. The second-order valence-electron chi connectivity index (χ2n) is 1.87. The van der Waals surface area contributed by atoms with E-state index in [-0.39, 0.29) is 0 Å². The van der Waals surface area contributed by atoms with Gasteiger partial charge in [-0.1, -0.05) is 0 Å². The summed E-state index contributed by atoms with van der Waals surface area (Å²) in [5.41, 5.74) is 0.542. The topological polar surface area (TPSA) is 54.7 Å². The Morgan fingerprint density at radius 1 is 1.55 bits per heavy atom. The van der Waals surface area contributed by atoms with Crippen LogP contribution in [0.5, 0.6) is 0 Å². The van der Waals surface area contributed by atoms with E-state index >= 15 is 0 Å². The molecule has 0 amide bonds. The molecule has 0 fully saturated rings. The van der Waals surface area contributed by atoms with E-state index in [4.69, 9.17) is 0 Å². The quantitative estimate of drug-likeness (QED) is 0.473. The Labute approximate surface area is 64.0 Å². The molecule has 0 bridgehead atoms. The lowest BCUT2D eigenvalue weighted by atomic mass is 10.3. The Kier molecular flexibility index (Phi) is 2.43. The first-order valence-electron chi connectivity index (χ1n) is 3.08. The molecule has 56 valence electrons. The van der Waals surface area contributed by atoms with Crippen LogP contribution in [-0.2, 0) is 0 Å². The lowest BCUT2D eigenvalue weighted by Crippen LogP contribution is -1.79. The van der Waals surface area contributed by atoms with Crippen molar-refractivity contribution >= 4 is 12.1 Å².